The standard InChI is InChI=1S/C24H23N3O3S2/c1-14(2)22(28)26-16-7-6-8-17(11-16)27-23(29)21-19(13-32-24-25-15(3)12-31-24)18-9-4-5-10-20(18)30-21/h4-12,14H,13H2,1-3H3,(H,26,28)(H,27,29). The van der Waals surface area contributed by atoms with Crippen LogP contribution in [0.3, 0.4) is 0 Å². The molecule has 0 aliphatic carbocycles. The number of rotatable bonds is 7. The Morgan fingerprint density at radius 1 is 1.09 bits per heavy atom. The molecule has 4 aromatic rings. The number of nitrogens with one attached hydrogen (secondary N) is 2. The highest BCUT2D eigenvalue weighted by Gasteiger charge is 2.21. The zero-order valence-electron chi connectivity index (χ0n) is 18.0. The third kappa shape index (κ3) is 5.03. The van der Waals surface area contributed by atoms with Crippen molar-refractivity contribution in [3.8, 4) is 0 Å². The molecule has 0 fully saturated rings. The summed E-state index contributed by atoms with van der Waals surface area (Å²) in [6.45, 7) is 5.62. The number of benzene rings is 2. The fraction of sp³-hybridized carbons (Fsp3) is 0.208. The van der Waals surface area contributed by atoms with Gasteiger partial charge in [-0.15, -0.1) is 11.3 Å². The second-order valence-corrected chi connectivity index (χ2v) is 9.71. The van der Waals surface area contributed by atoms with E-state index in [0.29, 0.717) is 22.7 Å². The van der Waals surface area contributed by atoms with E-state index >= 15 is 0 Å². The first-order valence-corrected chi connectivity index (χ1v) is 12.0. The largest absolute Gasteiger partial charge is 0.451 e. The van der Waals surface area contributed by atoms with Gasteiger partial charge < -0.3 is 15.1 Å². The Bertz CT molecular complexity index is 1280. The second-order valence-electron chi connectivity index (χ2n) is 7.63. The molecule has 0 spiro atoms. The number of hydrogen-bond donors (Lipinski definition) is 2. The SMILES string of the molecule is Cc1csc(SCc2c(C(=O)Nc3cccc(NC(=O)C(C)C)c3)oc3ccccc23)n1. The number of furan rings is 1. The average Bonchev–Trinajstić information content (AvgIpc) is 3.35. The third-order valence-electron chi connectivity index (χ3n) is 4.75. The Hall–Kier alpha value is -3.10. The zero-order valence-corrected chi connectivity index (χ0v) is 19.6. The number of aryl methyl sites for hydroxylation is 1. The Morgan fingerprint density at radius 3 is 2.56 bits per heavy atom. The van der Waals surface area contributed by atoms with Gasteiger partial charge >= 0.3 is 0 Å². The molecule has 0 bridgehead atoms. The van der Waals surface area contributed by atoms with E-state index in [1.165, 1.54) is 0 Å². The van der Waals surface area contributed by atoms with Crippen molar-refractivity contribution < 1.29 is 14.0 Å². The fourth-order valence-corrected chi connectivity index (χ4v) is 4.98. The van der Waals surface area contributed by atoms with Crippen LogP contribution < -0.4 is 10.6 Å². The molecule has 2 heterocycles. The van der Waals surface area contributed by atoms with Crippen molar-refractivity contribution >= 4 is 57.3 Å². The van der Waals surface area contributed by atoms with Crippen LogP contribution in [-0.4, -0.2) is 16.8 Å². The van der Waals surface area contributed by atoms with E-state index in [0.717, 1.165) is 21.0 Å². The van der Waals surface area contributed by atoms with Gasteiger partial charge in [0, 0.05) is 45.1 Å². The number of amides is 2. The van der Waals surface area contributed by atoms with Crippen molar-refractivity contribution in [1.29, 1.82) is 0 Å². The van der Waals surface area contributed by atoms with E-state index in [1.807, 2.05) is 50.4 Å². The van der Waals surface area contributed by atoms with Crippen LogP contribution >= 0.6 is 23.1 Å². The van der Waals surface area contributed by atoms with E-state index in [2.05, 4.69) is 15.6 Å². The van der Waals surface area contributed by atoms with Crippen LogP contribution in [0.15, 0.2) is 62.7 Å². The van der Waals surface area contributed by atoms with Crippen LogP contribution in [0.5, 0.6) is 0 Å². The highest BCUT2D eigenvalue weighted by atomic mass is 32.2. The maximum atomic E-state index is 13.1. The minimum atomic E-state index is -0.334. The average molecular weight is 466 g/mol. The summed E-state index contributed by atoms with van der Waals surface area (Å²) in [7, 11) is 0. The topological polar surface area (TPSA) is 84.2 Å². The van der Waals surface area contributed by atoms with Crippen LogP contribution in [0.1, 0.15) is 35.7 Å². The van der Waals surface area contributed by atoms with Crippen molar-refractivity contribution in [2.45, 2.75) is 30.9 Å². The molecule has 0 saturated heterocycles. The van der Waals surface area contributed by atoms with Gasteiger partial charge in [0.15, 0.2) is 5.76 Å². The smallest absolute Gasteiger partial charge is 0.291 e. The predicted molar refractivity (Wildman–Crippen MR) is 130 cm³/mol. The number of carbonyl (C=O) groups is 2. The van der Waals surface area contributed by atoms with Crippen molar-refractivity contribution in [3.05, 3.63) is 70.9 Å². The summed E-state index contributed by atoms with van der Waals surface area (Å²) < 4.78 is 6.89. The van der Waals surface area contributed by atoms with Crippen LogP contribution in [0, 0.1) is 12.8 Å². The van der Waals surface area contributed by atoms with Gasteiger partial charge in [0.25, 0.3) is 5.91 Å². The van der Waals surface area contributed by atoms with Gasteiger partial charge in [0.05, 0.1) is 0 Å². The van der Waals surface area contributed by atoms with Gasteiger partial charge in [-0.2, -0.15) is 0 Å². The molecule has 2 aromatic carbocycles. The monoisotopic (exact) mass is 465 g/mol. The van der Waals surface area contributed by atoms with E-state index in [4.69, 9.17) is 4.42 Å². The Labute approximate surface area is 194 Å². The number of hydrogen-bond acceptors (Lipinski definition) is 6. The Morgan fingerprint density at radius 2 is 1.84 bits per heavy atom. The summed E-state index contributed by atoms with van der Waals surface area (Å²) in [5.74, 6) is 0.299. The molecular formula is C24H23N3O3S2. The normalized spacial score (nSPS) is 11.1. The molecule has 0 saturated carbocycles. The molecule has 6 nitrogen and oxygen atoms in total. The quantitative estimate of drug-likeness (QED) is 0.311. The van der Waals surface area contributed by atoms with Gasteiger partial charge in [-0.1, -0.05) is 49.9 Å². The van der Waals surface area contributed by atoms with Gasteiger partial charge in [-0.25, -0.2) is 4.98 Å². The number of aromatic nitrogens is 1. The first-order valence-electron chi connectivity index (χ1n) is 10.2. The molecule has 164 valence electrons. The van der Waals surface area contributed by atoms with Gasteiger partial charge in [0.2, 0.25) is 5.91 Å². The number of fused-ring (bicyclic) bond motifs is 1. The molecule has 0 atom stereocenters. The molecule has 2 aromatic heterocycles. The van der Waals surface area contributed by atoms with Gasteiger partial charge in [-0.05, 0) is 31.2 Å². The van der Waals surface area contributed by atoms with Crippen LogP contribution in [0.25, 0.3) is 11.0 Å². The maximum Gasteiger partial charge on any atom is 0.291 e. The molecule has 0 aliphatic rings. The predicted octanol–water partition coefficient (Wildman–Crippen LogP) is 6.34. The fourth-order valence-electron chi connectivity index (χ4n) is 3.11. The number of para-hydroxylation sites is 1. The Kier molecular flexibility index (Phi) is 6.62. The first kappa shape index (κ1) is 22.1. The van der Waals surface area contributed by atoms with Crippen LogP contribution in [0.2, 0.25) is 0 Å². The van der Waals surface area contributed by atoms with Gasteiger partial charge in [0.1, 0.15) is 9.92 Å². The summed E-state index contributed by atoms with van der Waals surface area (Å²) in [5, 5.41) is 8.67. The molecule has 32 heavy (non-hydrogen) atoms. The minimum Gasteiger partial charge on any atom is -0.451 e. The molecule has 0 aliphatic heterocycles. The van der Waals surface area contributed by atoms with Crippen molar-refractivity contribution in [2.24, 2.45) is 5.92 Å². The number of carbonyl (C=O) groups excluding carboxylic acids is 2. The number of thiazole rings is 1. The van der Waals surface area contributed by atoms with Crippen molar-refractivity contribution in [3.63, 3.8) is 0 Å². The number of nitrogens with zero attached hydrogens (tertiary/aromatic N) is 1. The van der Waals surface area contributed by atoms with Crippen molar-refractivity contribution in [1.82, 2.24) is 4.98 Å². The van der Waals surface area contributed by atoms with Gasteiger partial charge in [-0.3, -0.25) is 9.59 Å². The summed E-state index contributed by atoms with van der Waals surface area (Å²) in [5.41, 5.74) is 3.69. The minimum absolute atomic E-state index is 0.0810. The molecule has 8 heteroatoms. The molecule has 2 amide bonds. The highest BCUT2D eigenvalue weighted by Crippen LogP contribution is 2.33. The second kappa shape index (κ2) is 9.58. The lowest BCUT2D eigenvalue weighted by atomic mass is 10.1. The zero-order chi connectivity index (χ0) is 22.7. The van der Waals surface area contributed by atoms with E-state index in [-0.39, 0.29) is 23.5 Å². The van der Waals surface area contributed by atoms with E-state index in [9.17, 15) is 9.59 Å². The highest BCUT2D eigenvalue weighted by molar-refractivity contribution is 8.00. The van der Waals surface area contributed by atoms with Crippen molar-refractivity contribution in [2.75, 3.05) is 10.6 Å². The lowest BCUT2D eigenvalue weighted by Crippen LogP contribution is -2.18. The lowest BCUT2D eigenvalue weighted by Gasteiger charge is -2.10. The molecule has 4 rings (SSSR count). The molecular weight excluding hydrogens is 442 g/mol. The first-order chi connectivity index (χ1) is 15.4. The maximum absolute atomic E-state index is 13.1. The third-order valence-corrected chi connectivity index (χ3v) is 6.92. The summed E-state index contributed by atoms with van der Waals surface area (Å²) in [4.78, 5) is 29.6. The summed E-state index contributed by atoms with van der Waals surface area (Å²) >= 11 is 3.17. The number of anilines is 2. The molecule has 2 N–H and O–H groups in total. The number of thioether (sulfide) groups is 1. The summed E-state index contributed by atoms with van der Waals surface area (Å²) in [6.07, 6.45) is 0. The Balaban J connectivity index is 1.57. The molecule has 0 radical (unpaired) electrons. The van der Waals surface area contributed by atoms with Crippen LogP contribution in [0.4, 0.5) is 11.4 Å². The van der Waals surface area contributed by atoms with E-state index < -0.39 is 0 Å². The lowest BCUT2D eigenvalue weighted by molar-refractivity contribution is -0.118. The molecule has 0 unspecified atom stereocenters. The van der Waals surface area contributed by atoms with Crippen LogP contribution in [-0.2, 0) is 10.5 Å². The van der Waals surface area contributed by atoms with E-state index in [1.54, 1.807) is 47.4 Å². The summed E-state index contributed by atoms with van der Waals surface area (Å²) in [6, 6.07) is 14.7.